The van der Waals surface area contributed by atoms with E-state index in [-0.39, 0.29) is 49.1 Å². The van der Waals surface area contributed by atoms with Crippen LogP contribution in [0.1, 0.15) is 38.8 Å². The number of benzene rings is 3. The van der Waals surface area contributed by atoms with E-state index >= 15 is 0 Å². The number of carbonyl (C=O) groups excluding carboxylic acids is 2. The minimum absolute atomic E-state index is 0.00248. The van der Waals surface area contributed by atoms with Crippen LogP contribution in [0, 0.1) is 5.92 Å². The largest absolute Gasteiger partial charge is 0.488 e. The van der Waals surface area contributed by atoms with Crippen LogP contribution in [-0.4, -0.2) is 71.8 Å². The highest BCUT2D eigenvalue weighted by molar-refractivity contribution is 5.90. The molecule has 0 unspecified atom stereocenters. The maximum Gasteiger partial charge on any atom is 0.319 e. The van der Waals surface area contributed by atoms with Crippen LogP contribution in [0.5, 0.6) is 5.75 Å². The zero-order chi connectivity index (χ0) is 30.2. The van der Waals surface area contributed by atoms with Crippen LogP contribution in [0.25, 0.3) is 11.1 Å². The predicted molar refractivity (Wildman–Crippen MR) is 167 cm³/mol. The number of likely N-dealkylation sites (N-methyl/N-ethyl adjacent to an activating group) is 1. The summed E-state index contributed by atoms with van der Waals surface area (Å²) in [6.45, 7) is 9.49. The van der Waals surface area contributed by atoms with Crippen molar-refractivity contribution in [3.05, 3.63) is 83.9 Å². The third-order valence-electron chi connectivity index (χ3n) is 7.60. The van der Waals surface area contributed by atoms with Crippen molar-refractivity contribution in [2.75, 3.05) is 32.1 Å². The van der Waals surface area contributed by atoms with Crippen LogP contribution < -0.4 is 15.4 Å². The van der Waals surface area contributed by atoms with E-state index in [1.807, 2.05) is 45.0 Å². The van der Waals surface area contributed by atoms with Crippen molar-refractivity contribution in [2.45, 2.75) is 58.8 Å². The number of urea groups is 1. The predicted octanol–water partition coefficient (Wildman–Crippen LogP) is 5.16. The topological polar surface area (TPSA) is 94.1 Å². The third-order valence-corrected chi connectivity index (χ3v) is 7.60. The van der Waals surface area contributed by atoms with E-state index in [0.717, 1.165) is 6.54 Å². The summed E-state index contributed by atoms with van der Waals surface area (Å²) in [7, 11) is 2.08. The van der Waals surface area contributed by atoms with E-state index in [2.05, 4.69) is 65.9 Å². The van der Waals surface area contributed by atoms with Gasteiger partial charge in [0, 0.05) is 42.8 Å². The summed E-state index contributed by atoms with van der Waals surface area (Å²) in [6.07, 6.45) is -0.0935. The van der Waals surface area contributed by atoms with Crippen LogP contribution in [0.3, 0.4) is 0 Å². The molecule has 0 bridgehead atoms. The van der Waals surface area contributed by atoms with Gasteiger partial charge in [0.15, 0.2) is 0 Å². The smallest absolute Gasteiger partial charge is 0.319 e. The molecule has 1 aliphatic heterocycles. The molecule has 0 fully saturated rings. The molecule has 1 heterocycles. The number of fused-ring (bicyclic) bond motifs is 1. The van der Waals surface area contributed by atoms with Crippen molar-refractivity contribution in [1.82, 2.24) is 15.1 Å². The van der Waals surface area contributed by atoms with E-state index in [9.17, 15) is 14.7 Å². The number of hydrogen-bond donors (Lipinski definition) is 3. The molecular weight excluding hydrogens is 528 g/mol. The van der Waals surface area contributed by atoms with Gasteiger partial charge in [0.2, 0.25) is 5.91 Å². The van der Waals surface area contributed by atoms with Crippen molar-refractivity contribution in [3.8, 4) is 16.9 Å². The number of aliphatic hydroxyl groups is 1. The first-order chi connectivity index (χ1) is 20.1. The maximum absolute atomic E-state index is 13.5. The molecule has 224 valence electrons. The monoisotopic (exact) mass is 572 g/mol. The highest BCUT2D eigenvalue weighted by Crippen LogP contribution is 2.29. The Labute approximate surface area is 249 Å². The van der Waals surface area contributed by atoms with Crippen molar-refractivity contribution >= 4 is 17.6 Å². The van der Waals surface area contributed by atoms with E-state index in [1.165, 1.54) is 16.7 Å². The molecule has 0 saturated heterocycles. The van der Waals surface area contributed by atoms with Crippen molar-refractivity contribution in [1.29, 1.82) is 0 Å². The Hall–Kier alpha value is -3.88. The number of nitrogens with zero attached hydrogens (tertiary/aromatic N) is 2. The van der Waals surface area contributed by atoms with Gasteiger partial charge in [-0.05, 0) is 62.7 Å². The van der Waals surface area contributed by atoms with Gasteiger partial charge in [0.25, 0.3) is 0 Å². The van der Waals surface area contributed by atoms with Gasteiger partial charge in [-0.15, -0.1) is 0 Å². The summed E-state index contributed by atoms with van der Waals surface area (Å²) in [4.78, 5) is 29.8. The number of hydrogen-bond acceptors (Lipinski definition) is 5. The number of carbonyl (C=O) groups is 2. The van der Waals surface area contributed by atoms with Crippen LogP contribution in [-0.2, 0) is 17.8 Å². The van der Waals surface area contributed by atoms with E-state index in [4.69, 9.17) is 4.74 Å². The summed E-state index contributed by atoms with van der Waals surface area (Å²) in [6, 6.07) is 23.8. The Morgan fingerprint density at radius 1 is 1.05 bits per heavy atom. The van der Waals surface area contributed by atoms with Gasteiger partial charge in [-0.25, -0.2) is 4.79 Å². The molecule has 3 atom stereocenters. The summed E-state index contributed by atoms with van der Waals surface area (Å²) < 4.78 is 6.64. The van der Waals surface area contributed by atoms with Gasteiger partial charge in [-0.1, -0.05) is 61.5 Å². The standard InChI is InChI=1S/C34H44N4O4/c1-23(2)35-34(41)36-30-15-16-31-29(17-30)18-33(40)38(25(4)22-39)19-24(3)32(42-31)21-37(5)20-26-11-13-28(14-12-26)27-9-7-6-8-10-27/h6-17,23-25,32,39H,18-22H2,1-5H3,(H2,35,36,41)/t24-,25+,32-/m0/s1. The Bertz CT molecular complexity index is 1330. The first-order valence-corrected chi connectivity index (χ1v) is 14.7. The molecule has 1 aliphatic rings. The van der Waals surface area contributed by atoms with Gasteiger partial charge in [-0.3, -0.25) is 9.69 Å². The van der Waals surface area contributed by atoms with Crippen LogP contribution in [0.2, 0.25) is 0 Å². The molecule has 3 aromatic rings. The summed E-state index contributed by atoms with van der Waals surface area (Å²) >= 11 is 0. The lowest BCUT2D eigenvalue weighted by Crippen LogP contribution is -2.47. The van der Waals surface area contributed by atoms with Crippen molar-refractivity contribution in [3.63, 3.8) is 0 Å². The molecule has 3 N–H and O–H groups in total. The number of rotatable bonds is 9. The second kappa shape index (κ2) is 14.3. The van der Waals surface area contributed by atoms with Crippen molar-refractivity contribution < 1.29 is 19.4 Å². The molecule has 8 heteroatoms. The maximum atomic E-state index is 13.5. The minimum atomic E-state index is -0.318. The molecule has 4 rings (SSSR count). The second-order valence-electron chi connectivity index (χ2n) is 11.7. The lowest BCUT2D eigenvalue weighted by molar-refractivity contribution is -0.134. The number of amides is 3. The van der Waals surface area contributed by atoms with Crippen LogP contribution in [0.4, 0.5) is 10.5 Å². The molecule has 42 heavy (non-hydrogen) atoms. The molecule has 3 amide bonds. The van der Waals surface area contributed by atoms with Crippen LogP contribution in [0.15, 0.2) is 72.8 Å². The summed E-state index contributed by atoms with van der Waals surface area (Å²) in [5.41, 5.74) is 4.87. The highest BCUT2D eigenvalue weighted by Gasteiger charge is 2.31. The molecule has 0 radical (unpaired) electrons. The SMILES string of the molecule is CC(C)NC(=O)Nc1ccc2c(c1)CC(=O)N([C@H](C)CO)C[C@H](C)[C@H](CN(C)Cc1ccc(-c3ccccc3)cc1)O2. The molecule has 0 spiro atoms. The van der Waals surface area contributed by atoms with Gasteiger partial charge < -0.3 is 25.4 Å². The average molecular weight is 573 g/mol. The third kappa shape index (κ3) is 8.33. The first kappa shape index (κ1) is 31.1. The molecule has 0 aliphatic carbocycles. The fourth-order valence-electron chi connectivity index (χ4n) is 5.27. The van der Waals surface area contributed by atoms with E-state index < -0.39 is 0 Å². The van der Waals surface area contributed by atoms with Gasteiger partial charge in [0.1, 0.15) is 11.9 Å². The Morgan fingerprint density at radius 2 is 1.74 bits per heavy atom. The van der Waals surface area contributed by atoms with Gasteiger partial charge >= 0.3 is 6.03 Å². The van der Waals surface area contributed by atoms with E-state index in [1.54, 1.807) is 17.0 Å². The average Bonchev–Trinajstić information content (AvgIpc) is 3.00. The fourth-order valence-corrected chi connectivity index (χ4v) is 5.27. The lowest BCUT2D eigenvalue weighted by Gasteiger charge is -2.34. The second-order valence-corrected chi connectivity index (χ2v) is 11.7. The quantitative estimate of drug-likeness (QED) is 0.329. The minimum Gasteiger partial charge on any atom is -0.488 e. The molecule has 0 aromatic heterocycles. The Balaban J connectivity index is 1.53. The Kier molecular flexibility index (Phi) is 10.6. The van der Waals surface area contributed by atoms with Gasteiger partial charge in [-0.2, -0.15) is 0 Å². The molecular formula is C34H44N4O4. The number of ether oxygens (including phenoxy) is 1. The summed E-state index contributed by atoms with van der Waals surface area (Å²) in [5, 5.41) is 15.6. The van der Waals surface area contributed by atoms with E-state index in [0.29, 0.717) is 30.1 Å². The lowest BCUT2D eigenvalue weighted by atomic mass is 10.0. The fraction of sp³-hybridized carbons (Fsp3) is 0.412. The Morgan fingerprint density at radius 3 is 2.40 bits per heavy atom. The molecule has 0 saturated carbocycles. The molecule has 8 nitrogen and oxygen atoms in total. The highest BCUT2D eigenvalue weighted by atomic mass is 16.5. The zero-order valence-corrected chi connectivity index (χ0v) is 25.3. The van der Waals surface area contributed by atoms with Gasteiger partial charge in [0.05, 0.1) is 19.1 Å². The zero-order valence-electron chi connectivity index (χ0n) is 25.3. The number of anilines is 1. The van der Waals surface area contributed by atoms with Crippen LogP contribution >= 0.6 is 0 Å². The first-order valence-electron chi connectivity index (χ1n) is 14.7. The summed E-state index contributed by atoms with van der Waals surface area (Å²) in [5.74, 6) is 0.560. The molecule has 3 aromatic carbocycles. The number of aliphatic hydroxyl groups excluding tert-OH is 1. The number of nitrogens with one attached hydrogen (secondary N) is 2. The normalized spacial score (nSPS) is 18.0. The van der Waals surface area contributed by atoms with Crippen molar-refractivity contribution in [2.24, 2.45) is 5.92 Å².